The predicted molar refractivity (Wildman–Crippen MR) is 115 cm³/mol. The fraction of sp³-hybridized carbons (Fsp3) is 0.130. The van der Waals surface area contributed by atoms with E-state index >= 15 is 0 Å². The zero-order valence-electron chi connectivity index (χ0n) is 17.0. The molecular formula is C23H20N2O6. The molecule has 2 aromatic carbocycles. The van der Waals surface area contributed by atoms with Crippen LogP contribution >= 0.6 is 0 Å². The van der Waals surface area contributed by atoms with Crippen molar-refractivity contribution < 1.29 is 24.0 Å². The summed E-state index contributed by atoms with van der Waals surface area (Å²) in [6, 6.07) is 12.5. The summed E-state index contributed by atoms with van der Waals surface area (Å²) in [6.45, 7) is 5.59. The van der Waals surface area contributed by atoms with E-state index < -0.39 is 16.8 Å². The Kier molecular flexibility index (Phi) is 6.30. The lowest BCUT2D eigenvalue weighted by Crippen LogP contribution is -2.24. The molecule has 31 heavy (non-hydrogen) atoms. The van der Waals surface area contributed by atoms with Gasteiger partial charge in [0, 0.05) is 23.5 Å². The number of rotatable bonds is 7. The molecule has 0 saturated heterocycles. The molecule has 158 valence electrons. The van der Waals surface area contributed by atoms with Gasteiger partial charge in [-0.3, -0.25) is 19.8 Å². The molecule has 0 aliphatic carbocycles. The topological polar surface area (TPSA) is 99.0 Å². The maximum atomic E-state index is 13.2. The number of hydrogen-bond donors (Lipinski definition) is 0. The molecule has 1 aliphatic heterocycles. The zero-order chi connectivity index (χ0) is 22.5. The normalized spacial score (nSPS) is 14.7. The lowest BCUT2D eigenvalue weighted by atomic mass is 10.0. The molecule has 1 aliphatic rings. The van der Waals surface area contributed by atoms with E-state index in [2.05, 4.69) is 6.58 Å². The number of amides is 1. The van der Waals surface area contributed by atoms with Crippen molar-refractivity contribution in [3.8, 4) is 5.75 Å². The quantitative estimate of drug-likeness (QED) is 0.220. The standard InChI is InChI=1S/C23H20N2O6/c1-4-13-31-19-11-5-16(6-12-19)14-20-21(23(27)30-3)15(2)24(22(20)26)17-7-9-18(10-8-17)25(28)29/h4-12,14H,1,13H2,2-3H3/b20-14-. The van der Waals surface area contributed by atoms with Crippen LogP contribution in [0.2, 0.25) is 0 Å². The Morgan fingerprint density at radius 3 is 2.35 bits per heavy atom. The summed E-state index contributed by atoms with van der Waals surface area (Å²) in [6.07, 6.45) is 3.23. The molecular weight excluding hydrogens is 400 g/mol. The van der Waals surface area contributed by atoms with Crippen molar-refractivity contribution >= 4 is 29.3 Å². The van der Waals surface area contributed by atoms with E-state index in [1.54, 1.807) is 43.3 Å². The van der Waals surface area contributed by atoms with E-state index in [1.165, 1.54) is 36.3 Å². The number of allylic oxidation sites excluding steroid dienone is 1. The SMILES string of the molecule is C=CCOc1ccc(/C=C2\C(=O)N(c3ccc([N+](=O)[O-])cc3)C(C)=C2C(=O)OC)cc1. The van der Waals surface area contributed by atoms with E-state index in [0.29, 0.717) is 29.3 Å². The van der Waals surface area contributed by atoms with E-state index in [-0.39, 0.29) is 16.8 Å². The van der Waals surface area contributed by atoms with Gasteiger partial charge >= 0.3 is 5.97 Å². The van der Waals surface area contributed by atoms with E-state index in [1.807, 2.05) is 0 Å². The van der Waals surface area contributed by atoms with Crippen LogP contribution in [0, 0.1) is 10.1 Å². The second-order valence-electron chi connectivity index (χ2n) is 6.59. The highest BCUT2D eigenvalue weighted by Crippen LogP contribution is 2.36. The monoisotopic (exact) mass is 420 g/mol. The number of methoxy groups -OCH3 is 1. The molecule has 3 rings (SSSR count). The molecule has 0 radical (unpaired) electrons. The van der Waals surface area contributed by atoms with Crippen LogP contribution < -0.4 is 9.64 Å². The summed E-state index contributed by atoms with van der Waals surface area (Å²) in [5.41, 5.74) is 1.68. The van der Waals surface area contributed by atoms with Gasteiger partial charge in [0.05, 0.1) is 23.2 Å². The summed E-state index contributed by atoms with van der Waals surface area (Å²) in [4.78, 5) is 37.4. The smallest absolute Gasteiger partial charge is 0.340 e. The van der Waals surface area contributed by atoms with Crippen molar-refractivity contribution in [2.75, 3.05) is 18.6 Å². The number of carbonyl (C=O) groups excluding carboxylic acids is 2. The van der Waals surface area contributed by atoms with Gasteiger partial charge in [0.1, 0.15) is 12.4 Å². The van der Waals surface area contributed by atoms with Crippen LogP contribution in [-0.2, 0) is 14.3 Å². The lowest BCUT2D eigenvalue weighted by Gasteiger charge is -2.17. The first-order chi connectivity index (χ1) is 14.9. The summed E-state index contributed by atoms with van der Waals surface area (Å²) in [5, 5.41) is 10.9. The third-order valence-corrected chi connectivity index (χ3v) is 4.67. The van der Waals surface area contributed by atoms with Gasteiger partial charge in [-0.2, -0.15) is 0 Å². The first-order valence-electron chi connectivity index (χ1n) is 9.31. The predicted octanol–water partition coefficient (Wildman–Crippen LogP) is 4.04. The molecule has 1 amide bonds. The largest absolute Gasteiger partial charge is 0.490 e. The molecule has 1 heterocycles. The van der Waals surface area contributed by atoms with E-state index in [4.69, 9.17) is 9.47 Å². The molecule has 8 nitrogen and oxygen atoms in total. The van der Waals surface area contributed by atoms with Crippen molar-refractivity contribution in [3.63, 3.8) is 0 Å². The number of ether oxygens (including phenoxy) is 2. The van der Waals surface area contributed by atoms with Crippen LogP contribution in [0.5, 0.6) is 5.75 Å². The van der Waals surface area contributed by atoms with Gasteiger partial charge in [-0.05, 0) is 42.8 Å². The Balaban J connectivity index is 2.00. The average molecular weight is 420 g/mol. The van der Waals surface area contributed by atoms with Crippen LogP contribution in [0.1, 0.15) is 12.5 Å². The van der Waals surface area contributed by atoms with Crippen molar-refractivity contribution in [1.29, 1.82) is 0 Å². The van der Waals surface area contributed by atoms with Crippen molar-refractivity contribution in [3.05, 3.63) is 93.7 Å². The molecule has 0 spiro atoms. The molecule has 2 aromatic rings. The maximum Gasteiger partial charge on any atom is 0.340 e. The van der Waals surface area contributed by atoms with Gasteiger partial charge in [-0.25, -0.2) is 4.79 Å². The molecule has 0 saturated carbocycles. The van der Waals surface area contributed by atoms with Gasteiger partial charge in [-0.1, -0.05) is 24.8 Å². The Morgan fingerprint density at radius 1 is 1.16 bits per heavy atom. The third kappa shape index (κ3) is 4.37. The molecule has 0 unspecified atom stereocenters. The number of nitrogens with zero attached hydrogens (tertiary/aromatic N) is 2. The molecule has 0 bridgehead atoms. The highest BCUT2D eigenvalue weighted by Gasteiger charge is 2.38. The summed E-state index contributed by atoms with van der Waals surface area (Å²) in [7, 11) is 1.24. The van der Waals surface area contributed by atoms with Crippen molar-refractivity contribution in [2.24, 2.45) is 0 Å². The number of nitro groups is 1. The Bertz CT molecular complexity index is 1100. The van der Waals surface area contributed by atoms with Crippen LogP contribution in [0.25, 0.3) is 6.08 Å². The minimum absolute atomic E-state index is 0.0975. The van der Waals surface area contributed by atoms with Gasteiger partial charge in [0.2, 0.25) is 0 Å². The molecule has 0 aromatic heterocycles. The van der Waals surface area contributed by atoms with Crippen molar-refractivity contribution in [1.82, 2.24) is 0 Å². The fourth-order valence-electron chi connectivity index (χ4n) is 3.20. The summed E-state index contributed by atoms with van der Waals surface area (Å²) < 4.78 is 10.3. The van der Waals surface area contributed by atoms with Gasteiger partial charge in [-0.15, -0.1) is 0 Å². The first-order valence-corrected chi connectivity index (χ1v) is 9.31. The maximum absolute atomic E-state index is 13.2. The number of carbonyl (C=O) groups is 2. The molecule has 0 N–H and O–H groups in total. The highest BCUT2D eigenvalue weighted by molar-refractivity contribution is 6.23. The van der Waals surface area contributed by atoms with Crippen LogP contribution in [0.15, 0.2) is 78.0 Å². The first kappa shape index (κ1) is 21.5. The lowest BCUT2D eigenvalue weighted by molar-refractivity contribution is -0.384. The second kappa shape index (κ2) is 9.08. The fourth-order valence-corrected chi connectivity index (χ4v) is 3.20. The van der Waals surface area contributed by atoms with Crippen LogP contribution in [0.3, 0.4) is 0 Å². The third-order valence-electron chi connectivity index (χ3n) is 4.67. The minimum atomic E-state index is -0.646. The average Bonchev–Trinajstić information content (AvgIpc) is 3.02. The summed E-state index contributed by atoms with van der Waals surface area (Å²) in [5.74, 6) is -0.432. The molecule has 0 fully saturated rings. The second-order valence-corrected chi connectivity index (χ2v) is 6.59. The highest BCUT2D eigenvalue weighted by atomic mass is 16.6. The van der Waals surface area contributed by atoms with Gasteiger partial charge in [0.15, 0.2) is 0 Å². The number of non-ortho nitro benzene ring substituents is 1. The number of hydrogen-bond acceptors (Lipinski definition) is 6. The van der Waals surface area contributed by atoms with Gasteiger partial charge < -0.3 is 9.47 Å². The van der Waals surface area contributed by atoms with Crippen LogP contribution in [0.4, 0.5) is 11.4 Å². The number of benzene rings is 2. The molecule has 0 atom stereocenters. The Hall–Kier alpha value is -4.20. The Morgan fingerprint density at radius 2 is 1.81 bits per heavy atom. The van der Waals surface area contributed by atoms with Crippen LogP contribution in [-0.4, -0.2) is 30.5 Å². The number of esters is 1. The number of anilines is 1. The zero-order valence-corrected chi connectivity index (χ0v) is 17.0. The van der Waals surface area contributed by atoms with Crippen molar-refractivity contribution in [2.45, 2.75) is 6.92 Å². The van der Waals surface area contributed by atoms with E-state index in [0.717, 1.165) is 0 Å². The Labute approximate surface area is 178 Å². The number of nitro benzene ring substituents is 1. The molecule has 8 heteroatoms. The summed E-state index contributed by atoms with van der Waals surface area (Å²) >= 11 is 0. The van der Waals surface area contributed by atoms with E-state index in [9.17, 15) is 19.7 Å². The minimum Gasteiger partial charge on any atom is -0.490 e. The van der Waals surface area contributed by atoms with Gasteiger partial charge in [0.25, 0.3) is 11.6 Å².